The SMILES string of the molecule is Cc1ccccc1OCC(O)c1cccc(B2OC(C)(C)C(C)(C)O2)c1. The molecule has 138 valence electrons. The number of hydrogen-bond donors (Lipinski definition) is 1. The Morgan fingerprint density at radius 1 is 1.00 bits per heavy atom. The lowest BCUT2D eigenvalue weighted by Crippen LogP contribution is -2.41. The first kappa shape index (κ1) is 19.0. The van der Waals surface area contributed by atoms with E-state index >= 15 is 0 Å². The van der Waals surface area contributed by atoms with E-state index in [0.717, 1.165) is 22.3 Å². The monoisotopic (exact) mass is 354 g/mol. The van der Waals surface area contributed by atoms with Gasteiger partial charge in [0.15, 0.2) is 0 Å². The zero-order valence-electron chi connectivity index (χ0n) is 16.2. The molecule has 1 heterocycles. The fourth-order valence-electron chi connectivity index (χ4n) is 2.88. The van der Waals surface area contributed by atoms with Crippen molar-refractivity contribution in [1.29, 1.82) is 0 Å². The third-order valence-electron chi connectivity index (χ3n) is 5.31. The Kier molecular flexibility index (Phi) is 5.15. The van der Waals surface area contributed by atoms with Gasteiger partial charge in [-0.25, -0.2) is 0 Å². The summed E-state index contributed by atoms with van der Waals surface area (Å²) in [5.41, 5.74) is 1.95. The number of aryl methyl sites for hydroxylation is 1. The van der Waals surface area contributed by atoms with Gasteiger partial charge in [-0.1, -0.05) is 42.5 Å². The molecule has 5 heteroatoms. The first-order valence-corrected chi connectivity index (χ1v) is 9.01. The number of ether oxygens (including phenoxy) is 1. The fourth-order valence-corrected chi connectivity index (χ4v) is 2.88. The lowest BCUT2D eigenvalue weighted by Gasteiger charge is -2.32. The highest BCUT2D eigenvalue weighted by Gasteiger charge is 2.51. The minimum atomic E-state index is -0.725. The first-order chi connectivity index (χ1) is 12.2. The van der Waals surface area contributed by atoms with Crippen LogP contribution in [0.15, 0.2) is 48.5 Å². The molecule has 0 spiro atoms. The van der Waals surface area contributed by atoms with Crippen molar-refractivity contribution in [3.05, 3.63) is 59.7 Å². The Bertz CT molecular complexity index is 756. The maximum absolute atomic E-state index is 10.5. The van der Waals surface area contributed by atoms with Gasteiger partial charge in [0.05, 0.1) is 11.2 Å². The number of benzene rings is 2. The molecule has 1 fully saturated rings. The van der Waals surface area contributed by atoms with E-state index in [2.05, 4.69) is 0 Å². The molecule has 0 radical (unpaired) electrons. The lowest BCUT2D eigenvalue weighted by molar-refractivity contribution is 0.00578. The second-order valence-corrected chi connectivity index (χ2v) is 7.85. The molecular weight excluding hydrogens is 327 g/mol. The largest absolute Gasteiger partial charge is 0.494 e. The molecule has 2 aromatic carbocycles. The van der Waals surface area contributed by atoms with Crippen molar-refractivity contribution in [2.75, 3.05) is 6.61 Å². The van der Waals surface area contributed by atoms with Crippen LogP contribution in [0.1, 0.15) is 44.9 Å². The lowest BCUT2D eigenvalue weighted by atomic mass is 9.78. The summed E-state index contributed by atoms with van der Waals surface area (Å²) in [6.07, 6.45) is -0.725. The second-order valence-electron chi connectivity index (χ2n) is 7.85. The number of hydrogen-bond acceptors (Lipinski definition) is 4. The molecule has 3 rings (SSSR count). The number of rotatable bonds is 5. The van der Waals surface area contributed by atoms with Gasteiger partial charge in [0, 0.05) is 0 Å². The van der Waals surface area contributed by atoms with E-state index in [1.54, 1.807) is 0 Å². The molecule has 1 unspecified atom stereocenters. The third kappa shape index (κ3) is 3.80. The minimum Gasteiger partial charge on any atom is -0.490 e. The fraction of sp³-hybridized carbons (Fsp3) is 0.429. The van der Waals surface area contributed by atoms with E-state index in [-0.39, 0.29) is 17.8 Å². The summed E-state index contributed by atoms with van der Waals surface area (Å²) in [6.45, 7) is 10.3. The first-order valence-electron chi connectivity index (χ1n) is 9.01. The predicted molar refractivity (Wildman–Crippen MR) is 104 cm³/mol. The van der Waals surface area contributed by atoms with E-state index < -0.39 is 13.2 Å². The van der Waals surface area contributed by atoms with Crippen molar-refractivity contribution in [1.82, 2.24) is 0 Å². The molecule has 1 aliphatic heterocycles. The Balaban J connectivity index is 1.70. The summed E-state index contributed by atoms with van der Waals surface area (Å²) in [7, 11) is -0.440. The molecule has 0 bridgehead atoms. The number of aliphatic hydroxyl groups is 1. The molecule has 1 saturated heterocycles. The van der Waals surface area contributed by atoms with Gasteiger partial charge >= 0.3 is 7.12 Å². The summed E-state index contributed by atoms with van der Waals surface area (Å²) < 4.78 is 18.0. The smallest absolute Gasteiger partial charge is 0.490 e. The van der Waals surface area contributed by atoms with Crippen LogP contribution < -0.4 is 10.2 Å². The molecule has 4 nitrogen and oxygen atoms in total. The quantitative estimate of drug-likeness (QED) is 0.836. The van der Waals surface area contributed by atoms with Crippen LogP contribution in [0.2, 0.25) is 0 Å². The van der Waals surface area contributed by atoms with Crippen LogP contribution in [0, 0.1) is 6.92 Å². The molecule has 1 atom stereocenters. The maximum atomic E-state index is 10.5. The zero-order valence-corrected chi connectivity index (χ0v) is 16.2. The van der Waals surface area contributed by atoms with Gasteiger partial charge in [-0.2, -0.15) is 0 Å². The molecule has 0 aromatic heterocycles. The van der Waals surface area contributed by atoms with Crippen LogP contribution in [0.25, 0.3) is 0 Å². The molecule has 1 aliphatic rings. The van der Waals surface area contributed by atoms with Gasteiger partial charge in [0.2, 0.25) is 0 Å². The number of para-hydroxylation sites is 1. The zero-order chi connectivity index (χ0) is 18.9. The van der Waals surface area contributed by atoms with E-state index in [9.17, 15) is 5.11 Å². The van der Waals surface area contributed by atoms with Crippen molar-refractivity contribution in [3.63, 3.8) is 0 Å². The molecule has 26 heavy (non-hydrogen) atoms. The van der Waals surface area contributed by atoms with Crippen LogP contribution >= 0.6 is 0 Å². The molecule has 0 aliphatic carbocycles. The highest BCUT2D eigenvalue weighted by atomic mass is 16.7. The Labute approximate surface area is 156 Å². The summed E-state index contributed by atoms with van der Waals surface area (Å²) >= 11 is 0. The van der Waals surface area contributed by atoms with E-state index in [1.165, 1.54) is 0 Å². The Hall–Kier alpha value is -1.82. The number of aliphatic hydroxyl groups excluding tert-OH is 1. The molecule has 0 saturated carbocycles. The van der Waals surface area contributed by atoms with Crippen LogP contribution in [0.5, 0.6) is 5.75 Å². The van der Waals surface area contributed by atoms with Gasteiger partial charge in [0.1, 0.15) is 18.5 Å². The molecule has 1 N–H and O–H groups in total. The van der Waals surface area contributed by atoms with Crippen molar-refractivity contribution in [3.8, 4) is 5.75 Å². The normalized spacial score (nSPS) is 19.4. The summed E-state index contributed by atoms with van der Waals surface area (Å²) in [5, 5.41) is 10.5. The van der Waals surface area contributed by atoms with Crippen molar-refractivity contribution in [2.45, 2.75) is 51.9 Å². The average Bonchev–Trinajstić information content (AvgIpc) is 2.82. The highest BCUT2D eigenvalue weighted by Crippen LogP contribution is 2.36. The molecule has 0 amide bonds. The average molecular weight is 354 g/mol. The van der Waals surface area contributed by atoms with Crippen molar-refractivity contribution >= 4 is 12.6 Å². The van der Waals surface area contributed by atoms with Crippen molar-refractivity contribution < 1.29 is 19.2 Å². The summed E-state index contributed by atoms with van der Waals surface area (Å²) in [6, 6.07) is 15.5. The highest BCUT2D eigenvalue weighted by molar-refractivity contribution is 6.62. The van der Waals surface area contributed by atoms with Crippen LogP contribution in [-0.2, 0) is 9.31 Å². The van der Waals surface area contributed by atoms with E-state index in [0.29, 0.717) is 0 Å². The van der Waals surface area contributed by atoms with Crippen LogP contribution in [-0.4, -0.2) is 30.0 Å². The second kappa shape index (κ2) is 7.07. The standard InChI is InChI=1S/C21H27BO4/c1-15-9-6-7-12-19(15)24-14-18(23)16-10-8-11-17(13-16)22-25-20(2,3)21(4,5)26-22/h6-13,18,23H,14H2,1-5H3. The van der Waals surface area contributed by atoms with Gasteiger partial charge in [0.25, 0.3) is 0 Å². The maximum Gasteiger partial charge on any atom is 0.494 e. The van der Waals surface area contributed by atoms with Gasteiger partial charge in [-0.3, -0.25) is 0 Å². The van der Waals surface area contributed by atoms with Crippen LogP contribution in [0.4, 0.5) is 0 Å². The van der Waals surface area contributed by atoms with Gasteiger partial charge in [-0.05, 0) is 57.3 Å². The van der Waals surface area contributed by atoms with E-state index in [1.807, 2.05) is 83.1 Å². The predicted octanol–water partition coefficient (Wildman–Crippen LogP) is 3.41. The van der Waals surface area contributed by atoms with Crippen LogP contribution in [0.3, 0.4) is 0 Å². The molecule has 2 aromatic rings. The Morgan fingerprint density at radius 2 is 1.65 bits per heavy atom. The topological polar surface area (TPSA) is 47.9 Å². The van der Waals surface area contributed by atoms with Gasteiger partial charge in [-0.15, -0.1) is 0 Å². The summed E-state index contributed by atoms with van der Waals surface area (Å²) in [5.74, 6) is 0.786. The Morgan fingerprint density at radius 3 is 2.31 bits per heavy atom. The van der Waals surface area contributed by atoms with Crippen molar-refractivity contribution in [2.24, 2.45) is 0 Å². The minimum absolute atomic E-state index is 0.192. The summed E-state index contributed by atoms with van der Waals surface area (Å²) in [4.78, 5) is 0. The van der Waals surface area contributed by atoms with E-state index in [4.69, 9.17) is 14.0 Å². The third-order valence-corrected chi connectivity index (χ3v) is 5.31. The van der Waals surface area contributed by atoms with Gasteiger partial charge < -0.3 is 19.2 Å². The molecular formula is C21H27BO4.